The van der Waals surface area contributed by atoms with Gasteiger partial charge in [-0.2, -0.15) is 0 Å². The van der Waals surface area contributed by atoms with Gasteiger partial charge < -0.3 is 9.47 Å². The molecule has 106 valence electrons. The van der Waals surface area contributed by atoms with Crippen LogP contribution in [0, 0.1) is 6.92 Å². The first-order chi connectivity index (χ1) is 8.91. The molecule has 0 aliphatic heterocycles. The number of esters is 1. The van der Waals surface area contributed by atoms with Gasteiger partial charge in [0.05, 0.1) is 24.8 Å². The van der Waals surface area contributed by atoms with Crippen LogP contribution in [0.25, 0.3) is 0 Å². The lowest BCUT2D eigenvalue weighted by molar-refractivity contribution is 0.0518. The summed E-state index contributed by atoms with van der Waals surface area (Å²) in [5, 5.41) is 7.04. The maximum atomic E-state index is 11.6. The maximum Gasteiger partial charge on any atom is 0.356 e. The third-order valence-corrected chi connectivity index (χ3v) is 5.06. The van der Waals surface area contributed by atoms with Crippen molar-refractivity contribution in [3.8, 4) is 5.88 Å². The van der Waals surface area contributed by atoms with E-state index in [9.17, 15) is 4.79 Å². The maximum absolute atomic E-state index is 11.6. The number of ether oxygens (including phenoxy) is 2. The average Bonchev–Trinajstić information content (AvgIpc) is 2.71. The third-order valence-electron chi connectivity index (χ3n) is 3.21. The predicted molar refractivity (Wildman–Crippen MR) is 76.4 cm³/mol. The summed E-state index contributed by atoms with van der Waals surface area (Å²) >= 11 is 0. The van der Waals surface area contributed by atoms with Crippen molar-refractivity contribution in [3.63, 3.8) is 0 Å². The van der Waals surface area contributed by atoms with E-state index in [1.54, 1.807) is 13.8 Å². The minimum atomic E-state index is -0.388. The Morgan fingerprint density at radius 2 is 2.16 bits per heavy atom. The normalized spacial score (nSPS) is 11.2. The van der Waals surface area contributed by atoms with E-state index in [1.165, 1.54) is 0 Å². The summed E-state index contributed by atoms with van der Waals surface area (Å²) in [7, 11) is 0.402. The van der Waals surface area contributed by atoms with Crippen molar-refractivity contribution in [2.75, 3.05) is 13.2 Å². The van der Waals surface area contributed by atoms with Gasteiger partial charge >= 0.3 is 15.5 Å². The highest BCUT2D eigenvalue weighted by atomic mass is 28.2. The Kier molecular flexibility index (Phi) is 5.59. The number of aromatic nitrogens is 2. The van der Waals surface area contributed by atoms with Crippen LogP contribution < -0.4 is 4.74 Å². The number of carbonyl (C=O) groups is 1. The number of aromatic amines is 1. The first-order valence-electron chi connectivity index (χ1n) is 6.56. The van der Waals surface area contributed by atoms with Crippen LogP contribution in [0.1, 0.15) is 43.2 Å². The van der Waals surface area contributed by atoms with Crippen LogP contribution in [-0.4, -0.2) is 38.9 Å². The molecular weight excluding hydrogens is 260 g/mol. The topological polar surface area (TPSA) is 64.2 Å². The van der Waals surface area contributed by atoms with Gasteiger partial charge in [-0.25, -0.2) is 4.79 Å². The molecule has 1 rings (SSSR count). The van der Waals surface area contributed by atoms with E-state index in [2.05, 4.69) is 30.6 Å². The first-order valence-corrected chi connectivity index (χ1v) is 8.30. The van der Waals surface area contributed by atoms with Crippen LogP contribution in [0.2, 0.25) is 11.6 Å². The Bertz CT molecular complexity index is 430. The molecule has 5 nitrogen and oxygen atoms in total. The number of nitrogens with one attached hydrogen (secondary N) is 1. The number of nitrogens with zero attached hydrogens (tertiary/aromatic N) is 1. The first kappa shape index (κ1) is 15.8. The second kappa shape index (κ2) is 6.74. The zero-order chi connectivity index (χ0) is 14.5. The minimum absolute atomic E-state index is 0.341. The molecule has 0 saturated carbocycles. The molecule has 0 aliphatic rings. The summed E-state index contributed by atoms with van der Waals surface area (Å²) in [4.78, 5) is 11.6. The van der Waals surface area contributed by atoms with E-state index in [0.29, 0.717) is 44.9 Å². The fraction of sp³-hybridized carbons (Fsp3) is 0.692. The SMILES string of the molecule is CCOC(=O)c1[nH]nc(OCCC(C)(C)[SiH+]C)c1C. The number of H-pyrrole nitrogens is 1. The fourth-order valence-corrected chi connectivity index (χ4v) is 1.89. The largest absolute Gasteiger partial charge is 0.476 e. The predicted octanol–water partition coefficient (Wildman–Crippen LogP) is 2.35. The fourth-order valence-electron chi connectivity index (χ4n) is 1.48. The van der Waals surface area contributed by atoms with Crippen molar-refractivity contribution < 1.29 is 14.3 Å². The van der Waals surface area contributed by atoms with E-state index in [4.69, 9.17) is 9.47 Å². The smallest absolute Gasteiger partial charge is 0.356 e. The van der Waals surface area contributed by atoms with E-state index < -0.39 is 0 Å². The summed E-state index contributed by atoms with van der Waals surface area (Å²) in [5.41, 5.74) is 1.08. The zero-order valence-corrected chi connectivity index (χ0v) is 13.5. The van der Waals surface area contributed by atoms with E-state index >= 15 is 0 Å². The Hall–Kier alpha value is -1.30. The molecule has 0 amide bonds. The number of carbonyl (C=O) groups excluding carboxylic acids is 1. The Morgan fingerprint density at radius 1 is 1.47 bits per heavy atom. The summed E-state index contributed by atoms with van der Waals surface area (Å²) in [6, 6.07) is 0. The molecule has 1 heterocycles. The summed E-state index contributed by atoms with van der Waals surface area (Å²) in [6.07, 6.45) is 0.986. The van der Waals surface area contributed by atoms with Gasteiger partial charge in [0.25, 0.3) is 0 Å². The van der Waals surface area contributed by atoms with Crippen LogP contribution in [0.5, 0.6) is 5.88 Å². The van der Waals surface area contributed by atoms with Crippen molar-refractivity contribution >= 4 is 15.5 Å². The van der Waals surface area contributed by atoms with Crippen LogP contribution >= 0.6 is 0 Å². The van der Waals surface area contributed by atoms with Gasteiger partial charge in [0, 0.05) is 12.0 Å². The molecule has 1 aromatic rings. The van der Waals surface area contributed by atoms with Crippen molar-refractivity contribution in [3.05, 3.63) is 11.3 Å². The van der Waals surface area contributed by atoms with Crippen molar-refractivity contribution in [1.29, 1.82) is 0 Å². The number of hydrogen-bond donors (Lipinski definition) is 1. The molecule has 0 fully saturated rings. The van der Waals surface area contributed by atoms with Gasteiger partial charge in [0.15, 0.2) is 0 Å². The van der Waals surface area contributed by atoms with Crippen molar-refractivity contribution in [1.82, 2.24) is 10.2 Å². The molecule has 0 aromatic carbocycles. The van der Waals surface area contributed by atoms with E-state index in [1.807, 2.05) is 0 Å². The summed E-state index contributed by atoms with van der Waals surface area (Å²) in [6.45, 7) is 11.3. The van der Waals surface area contributed by atoms with Crippen LogP contribution in [-0.2, 0) is 4.74 Å². The summed E-state index contributed by atoms with van der Waals surface area (Å²) < 4.78 is 10.6. The van der Waals surface area contributed by atoms with Crippen LogP contribution in [0.3, 0.4) is 0 Å². The standard InChI is InChI=1S/C13H22N2O3Si/c1-6-17-12(16)10-9(2)11(15-14-10)18-8-7-13(3,4)19-5/h19H,6-8H2,1-5H3/p+1. The van der Waals surface area contributed by atoms with Gasteiger partial charge in [0.1, 0.15) is 5.69 Å². The highest BCUT2D eigenvalue weighted by Gasteiger charge is 2.26. The molecule has 0 aliphatic carbocycles. The highest BCUT2D eigenvalue weighted by Crippen LogP contribution is 2.27. The van der Waals surface area contributed by atoms with Gasteiger partial charge in [-0.1, -0.05) is 0 Å². The molecule has 1 aromatic heterocycles. The quantitative estimate of drug-likeness (QED) is 0.616. The lowest BCUT2D eigenvalue weighted by Crippen LogP contribution is -2.14. The summed E-state index contributed by atoms with van der Waals surface area (Å²) in [5.74, 6) is 0.102. The third kappa shape index (κ3) is 4.38. The Labute approximate surface area is 116 Å². The van der Waals surface area contributed by atoms with Crippen molar-refractivity contribution in [2.45, 2.75) is 45.7 Å². The second-order valence-electron chi connectivity index (χ2n) is 5.12. The monoisotopic (exact) mass is 283 g/mol. The molecule has 0 saturated heterocycles. The molecular formula is C13H23N2O3Si+. The Balaban J connectivity index is 2.59. The van der Waals surface area contributed by atoms with E-state index in [0.717, 1.165) is 6.42 Å². The van der Waals surface area contributed by atoms with E-state index in [-0.39, 0.29) is 5.97 Å². The van der Waals surface area contributed by atoms with Gasteiger partial charge in [-0.05, 0) is 27.7 Å². The van der Waals surface area contributed by atoms with Gasteiger partial charge in [0.2, 0.25) is 5.88 Å². The molecule has 0 bridgehead atoms. The van der Waals surface area contributed by atoms with Crippen LogP contribution in [0.4, 0.5) is 0 Å². The van der Waals surface area contributed by atoms with Gasteiger partial charge in [-0.15, -0.1) is 5.10 Å². The lowest BCUT2D eigenvalue weighted by atomic mass is 10.1. The van der Waals surface area contributed by atoms with Crippen LogP contribution in [0.15, 0.2) is 0 Å². The minimum Gasteiger partial charge on any atom is -0.476 e. The zero-order valence-electron chi connectivity index (χ0n) is 12.4. The molecule has 0 spiro atoms. The molecule has 0 atom stereocenters. The van der Waals surface area contributed by atoms with Crippen molar-refractivity contribution in [2.24, 2.45) is 0 Å². The number of hydrogen-bond acceptors (Lipinski definition) is 4. The van der Waals surface area contributed by atoms with Gasteiger partial charge in [-0.3, -0.25) is 5.10 Å². The molecule has 1 N–H and O–H groups in total. The average molecular weight is 283 g/mol. The second-order valence-corrected chi connectivity index (χ2v) is 7.27. The molecule has 0 unspecified atom stereocenters. The molecule has 19 heavy (non-hydrogen) atoms. The number of rotatable bonds is 7. The molecule has 0 radical (unpaired) electrons. The lowest BCUT2D eigenvalue weighted by Gasteiger charge is -2.13. The highest BCUT2D eigenvalue weighted by molar-refractivity contribution is 6.37. The molecule has 6 heteroatoms. The Morgan fingerprint density at radius 3 is 2.74 bits per heavy atom.